The summed E-state index contributed by atoms with van der Waals surface area (Å²) in [5.74, 6) is 1.16. The van der Waals surface area contributed by atoms with Gasteiger partial charge in [-0.3, -0.25) is 0 Å². The first kappa shape index (κ1) is 16.9. The number of benzene rings is 3. The zero-order valence-electron chi connectivity index (χ0n) is 14.9. The van der Waals surface area contributed by atoms with Crippen molar-refractivity contribution >= 4 is 11.5 Å². The van der Waals surface area contributed by atoms with Crippen molar-refractivity contribution < 1.29 is 19.0 Å². The zero-order chi connectivity index (χ0) is 18.8. The fraction of sp³-hybridized carbons (Fsp3) is 0.0870. The van der Waals surface area contributed by atoms with E-state index < -0.39 is 5.97 Å². The third-order valence-corrected chi connectivity index (χ3v) is 4.50. The van der Waals surface area contributed by atoms with Crippen LogP contribution in [0.5, 0.6) is 17.2 Å². The summed E-state index contributed by atoms with van der Waals surface area (Å²) >= 11 is 0. The summed E-state index contributed by atoms with van der Waals surface area (Å²) in [6.07, 6.45) is 0. The summed E-state index contributed by atoms with van der Waals surface area (Å²) in [6.45, 7) is 4.62. The third-order valence-electron chi connectivity index (χ3n) is 4.50. The normalized spacial score (nSPS) is 12.5. The molecule has 0 N–H and O–H groups in total. The Morgan fingerprint density at radius 1 is 0.889 bits per heavy atom. The Labute approximate surface area is 157 Å². The molecule has 0 aromatic heterocycles. The van der Waals surface area contributed by atoms with Crippen LogP contribution >= 0.6 is 0 Å². The van der Waals surface area contributed by atoms with Gasteiger partial charge in [-0.2, -0.15) is 0 Å². The maximum absolute atomic E-state index is 12.6. The molecule has 0 saturated carbocycles. The molecule has 27 heavy (non-hydrogen) atoms. The van der Waals surface area contributed by atoms with E-state index in [1.807, 2.05) is 36.4 Å². The Morgan fingerprint density at radius 2 is 1.63 bits per heavy atom. The molecule has 0 saturated heterocycles. The first-order valence-corrected chi connectivity index (χ1v) is 8.57. The predicted octanol–water partition coefficient (Wildman–Crippen LogP) is 4.87. The zero-order valence-corrected chi connectivity index (χ0v) is 14.9. The van der Waals surface area contributed by atoms with E-state index in [-0.39, 0.29) is 0 Å². The molecule has 0 radical (unpaired) electrons. The van der Waals surface area contributed by atoms with Crippen molar-refractivity contribution in [2.75, 3.05) is 7.11 Å². The lowest BCUT2D eigenvalue weighted by molar-refractivity contribution is 0.0735. The quantitative estimate of drug-likeness (QED) is 0.493. The molecule has 0 amide bonds. The van der Waals surface area contributed by atoms with Crippen LogP contribution < -0.4 is 14.2 Å². The summed E-state index contributed by atoms with van der Waals surface area (Å²) in [7, 11) is 1.57. The van der Waals surface area contributed by atoms with Crippen molar-refractivity contribution in [3.05, 3.63) is 95.6 Å². The SMILES string of the molecule is C=C1c2c(OCc3ccccc3)cccc2OC(=O)c2cccc(OC)c21. The minimum Gasteiger partial charge on any atom is -0.496 e. The molecule has 0 aliphatic carbocycles. The van der Waals surface area contributed by atoms with Gasteiger partial charge in [-0.15, -0.1) is 0 Å². The Hall–Kier alpha value is -3.53. The number of carbonyl (C=O) groups is 1. The Morgan fingerprint density at radius 3 is 2.41 bits per heavy atom. The lowest BCUT2D eigenvalue weighted by atomic mass is 9.94. The lowest BCUT2D eigenvalue weighted by Gasteiger charge is -2.16. The smallest absolute Gasteiger partial charge is 0.344 e. The monoisotopic (exact) mass is 358 g/mol. The fourth-order valence-corrected chi connectivity index (χ4v) is 3.21. The highest BCUT2D eigenvalue weighted by atomic mass is 16.5. The highest BCUT2D eigenvalue weighted by molar-refractivity contribution is 6.04. The van der Waals surface area contributed by atoms with Crippen LogP contribution in [0.15, 0.2) is 73.3 Å². The average molecular weight is 358 g/mol. The van der Waals surface area contributed by atoms with E-state index in [0.717, 1.165) is 5.56 Å². The molecule has 1 heterocycles. The van der Waals surface area contributed by atoms with Crippen molar-refractivity contribution in [2.45, 2.75) is 6.61 Å². The molecule has 0 fully saturated rings. The Kier molecular flexibility index (Phi) is 4.38. The first-order valence-electron chi connectivity index (χ1n) is 8.57. The van der Waals surface area contributed by atoms with Gasteiger partial charge in [-0.25, -0.2) is 4.79 Å². The number of fused-ring (bicyclic) bond motifs is 2. The van der Waals surface area contributed by atoms with E-state index in [0.29, 0.717) is 46.1 Å². The highest BCUT2D eigenvalue weighted by Gasteiger charge is 2.29. The molecule has 4 heteroatoms. The summed E-state index contributed by atoms with van der Waals surface area (Å²) in [5.41, 5.74) is 3.38. The van der Waals surface area contributed by atoms with E-state index in [9.17, 15) is 4.79 Å². The van der Waals surface area contributed by atoms with E-state index in [4.69, 9.17) is 14.2 Å². The summed E-state index contributed by atoms with van der Waals surface area (Å²) < 4.78 is 17.1. The van der Waals surface area contributed by atoms with Crippen LogP contribution in [0.25, 0.3) is 5.57 Å². The molecule has 4 nitrogen and oxygen atoms in total. The third kappa shape index (κ3) is 3.06. The molecule has 4 rings (SSSR count). The van der Waals surface area contributed by atoms with Gasteiger partial charge in [0.2, 0.25) is 0 Å². The minimum atomic E-state index is -0.441. The van der Waals surface area contributed by atoms with E-state index in [2.05, 4.69) is 6.58 Å². The van der Waals surface area contributed by atoms with Gasteiger partial charge in [-0.1, -0.05) is 49.0 Å². The maximum Gasteiger partial charge on any atom is 0.344 e. The molecule has 134 valence electrons. The molecule has 0 spiro atoms. The van der Waals surface area contributed by atoms with Crippen molar-refractivity contribution in [1.29, 1.82) is 0 Å². The predicted molar refractivity (Wildman–Crippen MR) is 103 cm³/mol. The van der Waals surface area contributed by atoms with Gasteiger partial charge >= 0.3 is 5.97 Å². The summed E-state index contributed by atoms with van der Waals surface area (Å²) in [4.78, 5) is 12.6. The number of methoxy groups -OCH3 is 1. The van der Waals surface area contributed by atoms with Crippen LogP contribution in [-0.2, 0) is 6.61 Å². The van der Waals surface area contributed by atoms with Gasteiger partial charge in [0.15, 0.2) is 0 Å². The largest absolute Gasteiger partial charge is 0.496 e. The van der Waals surface area contributed by atoms with Crippen LogP contribution in [0.1, 0.15) is 27.0 Å². The molecule has 1 aliphatic rings. The second-order valence-corrected chi connectivity index (χ2v) is 6.15. The van der Waals surface area contributed by atoms with Gasteiger partial charge in [0, 0.05) is 5.56 Å². The number of rotatable bonds is 4. The van der Waals surface area contributed by atoms with Crippen LogP contribution in [0, 0.1) is 0 Å². The number of hydrogen-bond acceptors (Lipinski definition) is 4. The molecule has 0 unspecified atom stereocenters. The van der Waals surface area contributed by atoms with Gasteiger partial charge in [0.05, 0.1) is 18.2 Å². The standard InChI is InChI=1S/C23H18O4/c1-15-21-17(10-6-11-18(21)25-2)23(24)27-20-13-7-12-19(22(15)20)26-14-16-8-4-3-5-9-16/h3-13H,1,14H2,2H3. The summed E-state index contributed by atoms with van der Waals surface area (Å²) in [5, 5.41) is 0. The van der Waals surface area contributed by atoms with Crippen LogP contribution in [0.3, 0.4) is 0 Å². The second kappa shape index (κ2) is 7.00. The molecule has 3 aromatic rings. The van der Waals surface area contributed by atoms with E-state index >= 15 is 0 Å². The minimum absolute atomic E-state index is 0.400. The maximum atomic E-state index is 12.6. The van der Waals surface area contributed by atoms with Gasteiger partial charge in [-0.05, 0) is 35.4 Å². The van der Waals surface area contributed by atoms with E-state index in [1.165, 1.54) is 0 Å². The number of carbonyl (C=O) groups excluding carboxylic acids is 1. The van der Waals surface area contributed by atoms with Crippen molar-refractivity contribution in [2.24, 2.45) is 0 Å². The number of ether oxygens (including phenoxy) is 3. The van der Waals surface area contributed by atoms with Gasteiger partial charge in [0.1, 0.15) is 23.9 Å². The molecule has 1 aliphatic heterocycles. The van der Waals surface area contributed by atoms with E-state index in [1.54, 1.807) is 37.4 Å². The second-order valence-electron chi connectivity index (χ2n) is 6.15. The Bertz CT molecular complexity index is 1020. The van der Waals surface area contributed by atoms with Gasteiger partial charge < -0.3 is 14.2 Å². The molecule has 0 bridgehead atoms. The highest BCUT2D eigenvalue weighted by Crippen LogP contribution is 2.44. The topological polar surface area (TPSA) is 44.8 Å². The lowest BCUT2D eigenvalue weighted by Crippen LogP contribution is -2.09. The van der Waals surface area contributed by atoms with Crippen LogP contribution in [0.2, 0.25) is 0 Å². The number of esters is 1. The molecule has 3 aromatic carbocycles. The summed E-state index contributed by atoms with van der Waals surface area (Å²) in [6, 6.07) is 20.5. The molecular formula is C23H18O4. The Balaban J connectivity index is 1.79. The van der Waals surface area contributed by atoms with Crippen LogP contribution in [0.4, 0.5) is 0 Å². The van der Waals surface area contributed by atoms with Crippen molar-refractivity contribution in [1.82, 2.24) is 0 Å². The fourth-order valence-electron chi connectivity index (χ4n) is 3.21. The van der Waals surface area contributed by atoms with Crippen LogP contribution in [-0.4, -0.2) is 13.1 Å². The average Bonchev–Trinajstić information content (AvgIpc) is 2.82. The number of hydrogen-bond donors (Lipinski definition) is 0. The molecular weight excluding hydrogens is 340 g/mol. The molecule has 0 atom stereocenters. The van der Waals surface area contributed by atoms with Gasteiger partial charge in [0.25, 0.3) is 0 Å². The van der Waals surface area contributed by atoms with Crippen molar-refractivity contribution in [3.63, 3.8) is 0 Å². The first-order chi connectivity index (χ1) is 13.2. The van der Waals surface area contributed by atoms with Crippen molar-refractivity contribution in [3.8, 4) is 17.2 Å².